The summed E-state index contributed by atoms with van der Waals surface area (Å²) in [4.78, 5) is 6.95. The Balaban J connectivity index is 2.10. The van der Waals surface area contributed by atoms with Crippen LogP contribution in [-0.2, 0) is 0 Å². The second kappa shape index (κ2) is 5.41. The molecule has 0 unspecified atom stereocenters. The first-order valence-corrected chi connectivity index (χ1v) is 6.19. The second-order valence-corrected chi connectivity index (χ2v) is 4.55. The van der Waals surface area contributed by atoms with E-state index < -0.39 is 0 Å². The van der Waals surface area contributed by atoms with Gasteiger partial charge in [-0.1, -0.05) is 12.5 Å². The van der Waals surface area contributed by atoms with Gasteiger partial charge >= 0.3 is 0 Å². The molecule has 0 saturated carbocycles. The predicted molar refractivity (Wildman–Crippen MR) is 66.1 cm³/mol. The molecule has 1 fully saturated rings. The van der Waals surface area contributed by atoms with E-state index in [2.05, 4.69) is 28.9 Å². The Morgan fingerprint density at radius 2 is 2.38 bits per heavy atom. The average molecular weight is 219 g/mol. The number of piperidine rings is 1. The van der Waals surface area contributed by atoms with Crippen LogP contribution in [0, 0.1) is 0 Å². The van der Waals surface area contributed by atoms with E-state index in [1.54, 1.807) is 0 Å². The molecule has 1 aromatic heterocycles. The number of hydrogen-bond acceptors (Lipinski definition) is 3. The van der Waals surface area contributed by atoms with Crippen molar-refractivity contribution in [1.29, 1.82) is 0 Å². The van der Waals surface area contributed by atoms with E-state index in [1.807, 2.05) is 12.3 Å². The zero-order valence-electron chi connectivity index (χ0n) is 9.97. The van der Waals surface area contributed by atoms with Gasteiger partial charge < -0.3 is 5.73 Å². The van der Waals surface area contributed by atoms with Crippen molar-refractivity contribution in [2.24, 2.45) is 5.73 Å². The summed E-state index contributed by atoms with van der Waals surface area (Å²) >= 11 is 0. The van der Waals surface area contributed by atoms with Gasteiger partial charge in [0.15, 0.2) is 0 Å². The molecule has 2 atom stereocenters. The average Bonchev–Trinajstić information content (AvgIpc) is 2.39. The van der Waals surface area contributed by atoms with Crippen LogP contribution in [0.25, 0.3) is 0 Å². The van der Waals surface area contributed by atoms with Crippen LogP contribution in [0.1, 0.15) is 37.9 Å². The number of rotatable bonds is 3. The first kappa shape index (κ1) is 11.6. The Labute approximate surface area is 97.7 Å². The first-order chi connectivity index (χ1) is 7.83. The molecule has 3 nitrogen and oxygen atoms in total. The van der Waals surface area contributed by atoms with Crippen molar-refractivity contribution in [2.45, 2.75) is 38.3 Å². The quantitative estimate of drug-likeness (QED) is 0.845. The van der Waals surface area contributed by atoms with E-state index in [0.29, 0.717) is 12.1 Å². The molecule has 2 N–H and O–H groups in total. The summed E-state index contributed by atoms with van der Waals surface area (Å²) in [6, 6.07) is 7.04. The zero-order chi connectivity index (χ0) is 11.4. The lowest BCUT2D eigenvalue weighted by molar-refractivity contribution is 0.106. The van der Waals surface area contributed by atoms with Crippen LogP contribution in [0.4, 0.5) is 0 Å². The highest BCUT2D eigenvalue weighted by atomic mass is 15.2. The highest BCUT2D eigenvalue weighted by Crippen LogP contribution is 2.26. The smallest absolute Gasteiger partial charge is 0.0572 e. The molecule has 0 amide bonds. The summed E-state index contributed by atoms with van der Waals surface area (Å²) in [5.74, 6) is 0. The molecule has 2 rings (SSSR count). The molecule has 1 saturated heterocycles. The summed E-state index contributed by atoms with van der Waals surface area (Å²) in [6.45, 7) is 4.15. The zero-order valence-corrected chi connectivity index (χ0v) is 9.97. The van der Waals surface area contributed by atoms with Gasteiger partial charge in [-0.25, -0.2) is 0 Å². The van der Waals surface area contributed by atoms with Crippen LogP contribution in [-0.4, -0.2) is 29.0 Å². The lowest BCUT2D eigenvalue weighted by atomic mass is 9.99. The Hall–Kier alpha value is -0.930. The third kappa shape index (κ3) is 2.42. The van der Waals surface area contributed by atoms with E-state index in [0.717, 1.165) is 18.8 Å². The van der Waals surface area contributed by atoms with E-state index in [1.165, 1.54) is 19.3 Å². The fourth-order valence-electron chi connectivity index (χ4n) is 2.58. The van der Waals surface area contributed by atoms with Gasteiger partial charge in [-0.2, -0.15) is 0 Å². The fourth-order valence-corrected chi connectivity index (χ4v) is 2.58. The molecular formula is C13H21N3. The van der Waals surface area contributed by atoms with Crippen molar-refractivity contribution < 1.29 is 0 Å². The molecule has 0 spiro atoms. The maximum absolute atomic E-state index is 5.85. The monoisotopic (exact) mass is 219 g/mol. The van der Waals surface area contributed by atoms with Crippen molar-refractivity contribution in [1.82, 2.24) is 9.88 Å². The maximum atomic E-state index is 5.85. The van der Waals surface area contributed by atoms with Gasteiger partial charge in [-0.05, 0) is 38.4 Å². The van der Waals surface area contributed by atoms with Crippen molar-refractivity contribution in [3.63, 3.8) is 0 Å². The van der Waals surface area contributed by atoms with Gasteiger partial charge in [0.2, 0.25) is 0 Å². The van der Waals surface area contributed by atoms with Gasteiger partial charge in [0.1, 0.15) is 0 Å². The number of nitrogens with zero attached hydrogens (tertiary/aromatic N) is 2. The number of hydrogen-bond donors (Lipinski definition) is 1. The summed E-state index contributed by atoms with van der Waals surface area (Å²) in [7, 11) is 0. The molecule has 88 valence electrons. The molecule has 0 aromatic carbocycles. The van der Waals surface area contributed by atoms with Crippen LogP contribution in [0.2, 0.25) is 0 Å². The molecule has 0 bridgehead atoms. The van der Waals surface area contributed by atoms with E-state index in [-0.39, 0.29) is 0 Å². The highest BCUT2D eigenvalue weighted by molar-refractivity contribution is 5.08. The van der Waals surface area contributed by atoms with E-state index >= 15 is 0 Å². The maximum Gasteiger partial charge on any atom is 0.0572 e. The van der Waals surface area contributed by atoms with Gasteiger partial charge in [0.05, 0.1) is 5.69 Å². The molecule has 1 aromatic rings. The van der Waals surface area contributed by atoms with Crippen LogP contribution in [0.5, 0.6) is 0 Å². The number of likely N-dealkylation sites (tertiary alicyclic amines) is 1. The molecule has 16 heavy (non-hydrogen) atoms. The normalized spacial score (nSPS) is 24.2. The molecule has 1 aliphatic rings. The lowest BCUT2D eigenvalue weighted by Gasteiger charge is -2.39. The Kier molecular flexibility index (Phi) is 3.91. The largest absolute Gasteiger partial charge is 0.329 e. The minimum absolute atomic E-state index is 0.384. The van der Waals surface area contributed by atoms with Crippen LogP contribution >= 0.6 is 0 Å². The summed E-state index contributed by atoms with van der Waals surface area (Å²) in [5, 5.41) is 0. The molecule has 1 aliphatic heterocycles. The van der Waals surface area contributed by atoms with E-state index in [4.69, 9.17) is 5.73 Å². The molecule has 2 heterocycles. The van der Waals surface area contributed by atoms with Gasteiger partial charge in [-0.15, -0.1) is 0 Å². The third-order valence-electron chi connectivity index (χ3n) is 3.56. The topological polar surface area (TPSA) is 42.2 Å². The number of pyridine rings is 1. The van der Waals surface area contributed by atoms with Crippen molar-refractivity contribution in [3.8, 4) is 0 Å². The van der Waals surface area contributed by atoms with Crippen molar-refractivity contribution in [2.75, 3.05) is 13.1 Å². The lowest BCUT2D eigenvalue weighted by Crippen LogP contribution is -2.45. The predicted octanol–water partition coefficient (Wildman–Crippen LogP) is 1.96. The summed E-state index contributed by atoms with van der Waals surface area (Å²) in [5.41, 5.74) is 7.00. The Bertz CT molecular complexity index is 312. The standard InChI is InChI=1S/C13H21N3/c1-11(13-7-2-4-8-15-13)16-9-5-3-6-12(16)10-14/h2,4,7-8,11-12H,3,5-6,9-10,14H2,1H3/t11-,12+/m1/s1. The summed E-state index contributed by atoms with van der Waals surface area (Å²) < 4.78 is 0. The van der Waals surface area contributed by atoms with Crippen LogP contribution in [0.15, 0.2) is 24.4 Å². The SMILES string of the molecule is C[C@H](c1ccccn1)N1CCCC[C@H]1CN. The minimum atomic E-state index is 0.384. The van der Waals surface area contributed by atoms with Gasteiger partial charge in [0.25, 0.3) is 0 Å². The Morgan fingerprint density at radius 3 is 3.06 bits per heavy atom. The van der Waals surface area contributed by atoms with Gasteiger partial charge in [-0.3, -0.25) is 9.88 Å². The van der Waals surface area contributed by atoms with Crippen molar-refractivity contribution in [3.05, 3.63) is 30.1 Å². The van der Waals surface area contributed by atoms with Crippen LogP contribution in [0.3, 0.4) is 0 Å². The molecule has 3 heteroatoms. The first-order valence-electron chi connectivity index (χ1n) is 6.19. The minimum Gasteiger partial charge on any atom is -0.329 e. The fraction of sp³-hybridized carbons (Fsp3) is 0.615. The van der Waals surface area contributed by atoms with Crippen LogP contribution < -0.4 is 5.73 Å². The Morgan fingerprint density at radius 1 is 1.50 bits per heavy atom. The number of nitrogens with two attached hydrogens (primary N) is 1. The van der Waals surface area contributed by atoms with E-state index in [9.17, 15) is 0 Å². The summed E-state index contributed by atoms with van der Waals surface area (Å²) in [6.07, 6.45) is 5.70. The molecule has 0 aliphatic carbocycles. The molecular weight excluding hydrogens is 198 g/mol. The third-order valence-corrected chi connectivity index (χ3v) is 3.56. The highest BCUT2D eigenvalue weighted by Gasteiger charge is 2.26. The van der Waals surface area contributed by atoms with Gasteiger partial charge in [0, 0.05) is 24.8 Å². The molecule has 0 radical (unpaired) electrons. The van der Waals surface area contributed by atoms with Crippen molar-refractivity contribution >= 4 is 0 Å². The number of aromatic nitrogens is 1. The second-order valence-electron chi connectivity index (χ2n) is 4.55.